The second-order valence-electron chi connectivity index (χ2n) is 5.45. The van der Waals surface area contributed by atoms with Crippen LogP contribution in [0.2, 0.25) is 0 Å². The summed E-state index contributed by atoms with van der Waals surface area (Å²) in [6.07, 6.45) is 1.66. The van der Waals surface area contributed by atoms with Crippen molar-refractivity contribution < 1.29 is 18.3 Å². The SMILES string of the molecule is N#C/C(=C/c1ccc(-c2ccc(F)cc2)o1)c1ccc2c(c1)OCO2. The van der Waals surface area contributed by atoms with Crippen molar-refractivity contribution in [2.75, 3.05) is 6.79 Å². The number of nitrogens with zero attached hydrogens (tertiary/aromatic N) is 1. The van der Waals surface area contributed by atoms with Crippen LogP contribution in [-0.2, 0) is 0 Å². The molecule has 0 amide bonds. The fourth-order valence-electron chi connectivity index (χ4n) is 2.59. The molecule has 2 aromatic carbocycles. The van der Waals surface area contributed by atoms with Gasteiger partial charge < -0.3 is 13.9 Å². The van der Waals surface area contributed by atoms with E-state index in [4.69, 9.17) is 13.9 Å². The molecule has 1 aromatic heterocycles. The lowest BCUT2D eigenvalue weighted by atomic mass is 10.1. The van der Waals surface area contributed by atoms with E-state index in [1.807, 2.05) is 0 Å². The van der Waals surface area contributed by atoms with E-state index in [1.54, 1.807) is 48.5 Å². The van der Waals surface area contributed by atoms with Gasteiger partial charge in [-0.25, -0.2) is 4.39 Å². The zero-order valence-electron chi connectivity index (χ0n) is 13.0. The van der Waals surface area contributed by atoms with E-state index < -0.39 is 0 Å². The van der Waals surface area contributed by atoms with Crippen molar-refractivity contribution in [3.63, 3.8) is 0 Å². The molecule has 3 aromatic rings. The molecule has 25 heavy (non-hydrogen) atoms. The fourth-order valence-corrected chi connectivity index (χ4v) is 2.59. The monoisotopic (exact) mass is 333 g/mol. The zero-order valence-corrected chi connectivity index (χ0v) is 13.0. The van der Waals surface area contributed by atoms with E-state index in [9.17, 15) is 9.65 Å². The highest BCUT2D eigenvalue weighted by Crippen LogP contribution is 2.35. The van der Waals surface area contributed by atoms with E-state index in [-0.39, 0.29) is 12.6 Å². The maximum Gasteiger partial charge on any atom is 0.231 e. The molecule has 0 radical (unpaired) electrons. The average Bonchev–Trinajstić information content (AvgIpc) is 3.29. The maximum atomic E-state index is 13.0. The van der Waals surface area contributed by atoms with Gasteiger partial charge in [0.1, 0.15) is 17.3 Å². The Morgan fingerprint density at radius 2 is 1.80 bits per heavy atom. The van der Waals surface area contributed by atoms with E-state index in [1.165, 1.54) is 12.1 Å². The van der Waals surface area contributed by atoms with Crippen LogP contribution in [0.5, 0.6) is 11.5 Å². The molecular weight excluding hydrogens is 321 g/mol. The van der Waals surface area contributed by atoms with Crippen molar-refractivity contribution in [3.8, 4) is 28.9 Å². The zero-order chi connectivity index (χ0) is 17.2. The summed E-state index contributed by atoms with van der Waals surface area (Å²) in [7, 11) is 0. The lowest BCUT2D eigenvalue weighted by Crippen LogP contribution is -1.92. The molecule has 0 atom stereocenters. The van der Waals surface area contributed by atoms with Crippen molar-refractivity contribution in [1.29, 1.82) is 5.26 Å². The number of nitriles is 1. The lowest BCUT2D eigenvalue weighted by Gasteiger charge is -2.01. The second kappa shape index (κ2) is 6.17. The van der Waals surface area contributed by atoms with Crippen LogP contribution in [0.1, 0.15) is 11.3 Å². The molecule has 1 aliphatic rings. The predicted octanol–water partition coefficient (Wildman–Crippen LogP) is 4.88. The highest BCUT2D eigenvalue weighted by molar-refractivity contribution is 5.89. The Morgan fingerprint density at radius 1 is 1.00 bits per heavy atom. The highest BCUT2D eigenvalue weighted by atomic mass is 19.1. The molecule has 5 heteroatoms. The molecule has 0 fully saturated rings. The quantitative estimate of drug-likeness (QED) is 0.641. The smallest absolute Gasteiger partial charge is 0.231 e. The first-order chi connectivity index (χ1) is 12.2. The summed E-state index contributed by atoms with van der Waals surface area (Å²) >= 11 is 0. The van der Waals surface area contributed by atoms with Crippen LogP contribution >= 0.6 is 0 Å². The van der Waals surface area contributed by atoms with Crippen LogP contribution in [0.3, 0.4) is 0 Å². The molecule has 1 aliphatic heterocycles. The number of halogens is 1. The Labute approximate surface area is 143 Å². The number of fused-ring (bicyclic) bond motifs is 1. The number of benzene rings is 2. The fraction of sp³-hybridized carbons (Fsp3) is 0.0500. The maximum absolute atomic E-state index is 13.0. The molecule has 4 rings (SSSR count). The topological polar surface area (TPSA) is 55.4 Å². The van der Waals surface area contributed by atoms with Gasteiger partial charge in [0.15, 0.2) is 11.5 Å². The van der Waals surface area contributed by atoms with Gasteiger partial charge in [0.05, 0.1) is 11.6 Å². The van der Waals surface area contributed by atoms with Gasteiger partial charge in [-0.3, -0.25) is 0 Å². The van der Waals surface area contributed by atoms with Gasteiger partial charge in [0.2, 0.25) is 6.79 Å². The highest BCUT2D eigenvalue weighted by Gasteiger charge is 2.15. The summed E-state index contributed by atoms with van der Waals surface area (Å²) in [4.78, 5) is 0. The molecule has 0 unspecified atom stereocenters. The summed E-state index contributed by atoms with van der Waals surface area (Å²) in [6, 6.07) is 17.1. The number of hydrogen-bond donors (Lipinski definition) is 0. The molecule has 0 bridgehead atoms. The third-order valence-corrected chi connectivity index (χ3v) is 3.85. The summed E-state index contributed by atoms with van der Waals surface area (Å²) in [5.74, 6) is 2.12. The summed E-state index contributed by atoms with van der Waals surface area (Å²) in [5.41, 5.74) is 1.92. The van der Waals surface area contributed by atoms with Crippen LogP contribution in [0.25, 0.3) is 23.0 Å². The van der Waals surface area contributed by atoms with Gasteiger partial charge in [-0.1, -0.05) is 0 Å². The summed E-state index contributed by atoms with van der Waals surface area (Å²) in [6.45, 7) is 0.184. The molecule has 0 saturated carbocycles. The Bertz CT molecular complexity index is 997. The van der Waals surface area contributed by atoms with E-state index in [0.717, 1.165) is 5.56 Å². The minimum absolute atomic E-state index is 0.184. The van der Waals surface area contributed by atoms with Crippen molar-refractivity contribution in [3.05, 3.63) is 71.7 Å². The molecule has 0 N–H and O–H groups in total. The number of hydrogen-bond acceptors (Lipinski definition) is 4. The van der Waals surface area contributed by atoms with Gasteiger partial charge in [-0.2, -0.15) is 5.26 Å². The number of ether oxygens (including phenoxy) is 2. The summed E-state index contributed by atoms with van der Waals surface area (Å²) in [5, 5.41) is 9.47. The van der Waals surface area contributed by atoms with Crippen molar-refractivity contribution in [2.45, 2.75) is 0 Å². The Hall–Kier alpha value is -3.52. The third kappa shape index (κ3) is 2.98. The van der Waals surface area contributed by atoms with Crippen LogP contribution in [0.15, 0.2) is 59.0 Å². The third-order valence-electron chi connectivity index (χ3n) is 3.85. The van der Waals surface area contributed by atoms with E-state index in [0.29, 0.717) is 34.2 Å². The van der Waals surface area contributed by atoms with Crippen LogP contribution < -0.4 is 9.47 Å². The number of rotatable bonds is 3. The van der Waals surface area contributed by atoms with Crippen LogP contribution in [0.4, 0.5) is 4.39 Å². The van der Waals surface area contributed by atoms with E-state index >= 15 is 0 Å². The Balaban J connectivity index is 1.65. The predicted molar refractivity (Wildman–Crippen MR) is 90.2 cm³/mol. The summed E-state index contributed by atoms with van der Waals surface area (Å²) < 4.78 is 29.4. The van der Waals surface area contributed by atoms with Crippen LogP contribution in [-0.4, -0.2) is 6.79 Å². The first-order valence-corrected chi connectivity index (χ1v) is 7.60. The van der Waals surface area contributed by atoms with Gasteiger partial charge in [0.25, 0.3) is 0 Å². The Morgan fingerprint density at radius 3 is 2.60 bits per heavy atom. The first kappa shape index (κ1) is 15.0. The van der Waals surface area contributed by atoms with E-state index in [2.05, 4.69) is 6.07 Å². The molecule has 122 valence electrons. The molecule has 4 nitrogen and oxygen atoms in total. The van der Waals surface area contributed by atoms with Gasteiger partial charge in [0, 0.05) is 5.56 Å². The van der Waals surface area contributed by atoms with Gasteiger partial charge >= 0.3 is 0 Å². The molecule has 2 heterocycles. The second-order valence-corrected chi connectivity index (χ2v) is 5.45. The van der Waals surface area contributed by atoms with Crippen molar-refractivity contribution in [2.24, 2.45) is 0 Å². The molecule has 0 saturated heterocycles. The average molecular weight is 333 g/mol. The molecule has 0 spiro atoms. The van der Waals surface area contributed by atoms with Crippen molar-refractivity contribution in [1.82, 2.24) is 0 Å². The first-order valence-electron chi connectivity index (χ1n) is 7.60. The van der Waals surface area contributed by atoms with Gasteiger partial charge in [-0.05, 0) is 66.2 Å². The van der Waals surface area contributed by atoms with Crippen LogP contribution in [0, 0.1) is 17.1 Å². The minimum atomic E-state index is -0.301. The molecular formula is C20H12FNO3. The largest absolute Gasteiger partial charge is 0.457 e. The number of furan rings is 1. The van der Waals surface area contributed by atoms with Gasteiger partial charge in [-0.15, -0.1) is 0 Å². The molecule has 0 aliphatic carbocycles. The normalized spacial score (nSPS) is 12.9. The number of allylic oxidation sites excluding steroid dienone is 1. The Kier molecular flexibility index (Phi) is 3.71. The minimum Gasteiger partial charge on any atom is -0.457 e. The van der Waals surface area contributed by atoms with Crippen molar-refractivity contribution >= 4 is 11.6 Å². The lowest BCUT2D eigenvalue weighted by molar-refractivity contribution is 0.174. The standard InChI is InChI=1S/C20H12FNO3/c21-16-4-1-13(2-5-16)18-8-6-17(25-18)9-15(11-22)14-3-7-19-20(10-14)24-12-23-19/h1-10H,12H2/b15-9-.